The third kappa shape index (κ3) is 6.34. The molecule has 0 spiro atoms. The maximum absolute atomic E-state index is 13.5. The molecule has 27 heavy (non-hydrogen) atoms. The summed E-state index contributed by atoms with van der Waals surface area (Å²) < 4.78 is 92.8. The first-order valence-corrected chi connectivity index (χ1v) is 8.79. The van der Waals surface area contributed by atoms with Gasteiger partial charge in [-0.15, -0.1) is 11.3 Å². The summed E-state index contributed by atoms with van der Waals surface area (Å²) in [6.45, 7) is 0. The minimum absolute atomic E-state index is 0.194. The number of carbonyl (C=O) groups is 1. The molecule has 1 aromatic rings. The molecule has 1 N–H and O–H groups in total. The lowest BCUT2D eigenvalue weighted by Gasteiger charge is -2.30. The Morgan fingerprint density at radius 2 is 1.70 bits per heavy atom. The fourth-order valence-electron chi connectivity index (χ4n) is 2.34. The molecule has 1 unspecified atom stereocenters. The molecule has 0 saturated carbocycles. The van der Waals surface area contributed by atoms with Gasteiger partial charge in [-0.05, 0) is 44.2 Å². The van der Waals surface area contributed by atoms with Crippen LogP contribution in [0, 0.1) is 0 Å². The van der Waals surface area contributed by atoms with E-state index in [1.165, 1.54) is 13.2 Å². The average molecular weight is 424 g/mol. The number of carbonyl (C=O) groups excluding carboxylic acids is 1. The zero-order chi connectivity index (χ0) is 20.9. The highest BCUT2D eigenvalue weighted by Crippen LogP contribution is 2.49. The van der Waals surface area contributed by atoms with E-state index in [4.69, 9.17) is 0 Å². The van der Waals surface area contributed by atoms with E-state index in [1.54, 1.807) is 6.07 Å². The van der Waals surface area contributed by atoms with Crippen LogP contribution in [0.5, 0.6) is 0 Å². The molecule has 3 nitrogen and oxygen atoms in total. The number of halogens is 7. The second kappa shape index (κ2) is 9.22. The van der Waals surface area contributed by atoms with Crippen molar-refractivity contribution in [2.45, 2.75) is 62.7 Å². The van der Waals surface area contributed by atoms with Gasteiger partial charge < -0.3 is 9.84 Å². The molecule has 1 aromatic heterocycles. The van der Waals surface area contributed by atoms with Crippen LogP contribution < -0.4 is 0 Å². The van der Waals surface area contributed by atoms with Crippen LogP contribution in [0.3, 0.4) is 0 Å². The van der Waals surface area contributed by atoms with E-state index in [0.29, 0.717) is 17.7 Å². The Bertz CT molecular complexity index is 596. The summed E-state index contributed by atoms with van der Waals surface area (Å²) in [5.41, 5.74) is -5.30. The van der Waals surface area contributed by atoms with Crippen LogP contribution in [0.4, 0.5) is 30.7 Å². The first-order chi connectivity index (χ1) is 12.3. The number of thiophene rings is 1. The molecule has 1 rings (SSSR count). The van der Waals surface area contributed by atoms with Gasteiger partial charge in [0.15, 0.2) is 0 Å². The van der Waals surface area contributed by atoms with Gasteiger partial charge in [-0.1, -0.05) is 0 Å². The maximum atomic E-state index is 13.5. The average Bonchev–Trinajstić information content (AvgIpc) is 3.01. The van der Waals surface area contributed by atoms with Crippen molar-refractivity contribution in [3.63, 3.8) is 0 Å². The first-order valence-electron chi connectivity index (χ1n) is 7.97. The second-order valence-electron chi connectivity index (χ2n) is 5.94. The van der Waals surface area contributed by atoms with E-state index >= 15 is 0 Å². The molecule has 0 aliphatic rings. The van der Waals surface area contributed by atoms with Gasteiger partial charge in [-0.25, -0.2) is 4.39 Å². The Morgan fingerprint density at radius 1 is 1.11 bits per heavy atom. The van der Waals surface area contributed by atoms with Crippen molar-refractivity contribution in [2.24, 2.45) is 0 Å². The third-order valence-corrected chi connectivity index (χ3v) is 5.19. The van der Waals surface area contributed by atoms with Crippen LogP contribution >= 0.6 is 11.3 Å². The van der Waals surface area contributed by atoms with E-state index in [-0.39, 0.29) is 12.4 Å². The summed E-state index contributed by atoms with van der Waals surface area (Å²) in [6, 6.07) is 3.14. The molecule has 0 aliphatic carbocycles. The monoisotopic (exact) mass is 424 g/mol. The van der Waals surface area contributed by atoms with Crippen LogP contribution in [0.2, 0.25) is 0 Å². The largest absolute Gasteiger partial charge is 0.469 e. The Kier molecular flexibility index (Phi) is 8.09. The van der Waals surface area contributed by atoms with Crippen molar-refractivity contribution in [2.75, 3.05) is 7.11 Å². The predicted molar refractivity (Wildman–Crippen MR) is 84.0 cm³/mol. The number of esters is 1. The molecule has 1 heterocycles. The van der Waals surface area contributed by atoms with Gasteiger partial charge in [0.25, 0.3) is 5.67 Å². The summed E-state index contributed by atoms with van der Waals surface area (Å²) in [6.07, 6.45) is -15.3. The quantitative estimate of drug-likeness (QED) is 0.433. The smallest absolute Gasteiger partial charge is 0.431 e. The number of aliphatic hydroxyl groups is 1. The van der Waals surface area contributed by atoms with Crippen molar-refractivity contribution in [1.29, 1.82) is 0 Å². The second-order valence-corrected chi connectivity index (χ2v) is 7.14. The topological polar surface area (TPSA) is 46.5 Å². The van der Waals surface area contributed by atoms with Gasteiger partial charge in [-0.3, -0.25) is 4.79 Å². The molecule has 11 heteroatoms. The predicted octanol–water partition coefficient (Wildman–Crippen LogP) is 5.28. The summed E-state index contributed by atoms with van der Waals surface area (Å²) in [5.74, 6) is -0.379. The summed E-state index contributed by atoms with van der Waals surface area (Å²) >= 11 is 1.13. The van der Waals surface area contributed by atoms with E-state index in [9.17, 15) is 40.6 Å². The molecule has 0 saturated heterocycles. The summed E-state index contributed by atoms with van der Waals surface area (Å²) in [4.78, 5) is 12.1. The summed E-state index contributed by atoms with van der Waals surface area (Å²) in [7, 11) is 1.26. The van der Waals surface area contributed by atoms with Crippen LogP contribution in [0.1, 0.15) is 48.0 Å². The van der Waals surface area contributed by atoms with Gasteiger partial charge in [0.2, 0.25) is 0 Å². The maximum Gasteiger partial charge on any atom is 0.431 e. The highest BCUT2D eigenvalue weighted by molar-refractivity contribution is 7.12. The van der Waals surface area contributed by atoms with Gasteiger partial charge in [-0.2, -0.15) is 26.3 Å². The summed E-state index contributed by atoms with van der Waals surface area (Å²) in [5, 5.41) is 9.94. The number of aryl methyl sites for hydroxylation is 1. The van der Waals surface area contributed by atoms with Gasteiger partial charge in [0.1, 0.15) is 0 Å². The normalized spacial score (nSPS) is 14.3. The van der Waals surface area contributed by atoms with E-state index in [1.807, 2.05) is 0 Å². The van der Waals surface area contributed by atoms with Crippen molar-refractivity contribution in [1.82, 2.24) is 0 Å². The Hall–Kier alpha value is -1.36. The number of hydrogen-bond donors (Lipinski definition) is 1. The molecule has 156 valence electrons. The van der Waals surface area contributed by atoms with Crippen LogP contribution in [0.25, 0.3) is 0 Å². The van der Waals surface area contributed by atoms with Gasteiger partial charge in [0.05, 0.1) is 13.2 Å². The molecule has 0 fully saturated rings. The van der Waals surface area contributed by atoms with Crippen LogP contribution in [-0.4, -0.2) is 36.2 Å². The lowest BCUT2D eigenvalue weighted by atomic mass is 9.96. The molecule has 0 aromatic carbocycles. The van der Waals surface area contributed by atoms with E-state index in [2.05, 4.69) is 4.74 Å². The van der Waals surface area contributed by atoms with Crippen LogP contribution in [0.15, 0.2) is 12.1 Å². The molecule has 0 radical (unpaired) electrons. The Labute approximate surface area is 155 Å². The zero-order valence-corrected chi connectivity index (χ0v) is 15.1. The Balaban J connectivity index is 2.57. The highest BCUT2D eigenvalue weighted by atomic mass is 32.1. The third-order valence-electron chi connectivity index (χ3n) is 3.94. The lowest BCUT2D eigenvalue weighted by Crippen LogP contribution is -2.53. The number of alkyl halides is 7. The zero-order valence-electron chi connectivity index (χ0n) is 14.3. The van der Waals surface area contributed by atoms with Crippen molar-refractivity contribution in [3.05, 3.63) is 21.9 Å². The number of rotatable bonds is 9. The number of hydrogen-bond acceptors (Lipinski definition) is 4. The van der Waals surface area contributed by atoms with Crippen molar-refractivity contribution >= 4 is 17.3 Å². The number of methoxy groups -OCH3 is 1. The van der Waals surface area contributed by atoms with E-state index in [0.717, 1.165) is 16.2 Å². The molecule has 0 aliphatic heterocycles. The van der Waals surface area contributed by atoms with Crippen molar-refractivity contribution in [3.8, 4) is 0 Å². The SMILES string of the molecule is COC(=O)CCCc1ccc(C(O)CCCC(F)(C(F)(F)F)C(F)(F)F)s1. The highest BCUT2D eigenvalue weighted by Gasteiger charge is 2.71. The number of aliphatic hydroxyl groups excluding tert-OH is 1. The molecule has 0 bridgehead atoms. The van der Waals surface area contributed by atoms with E-state index < -0.39 is 43.4 Å². The number of ether oxygens (including phenoxy) is 1. The van der Waals surface area contributed by atoms with Gasteiger partial charge >= 0.3 is 18.3 Å². The van der Waals surface area contributed by atoms with Gasteiger partial charge in [0, 0.05) is 16.2 Å². The van der Waals surface area contributed by atoms with Crippen LogP contribution in [-0.2, 0) is 16.0 Å². The Morgan fingerprint density at radius 3 is 2.22 bits per heavy atom. The molecule has 0 amide bonds. The lowest BCUT2D eigenvalue weighted by molar-refractivity contribution is -0.343. The minimum Gasteiger partial charge on any atom is -0.469 e. The first kappa shape index (κ1) is 23.7. The molecular formula is C16H19F7O3S. The van der Waals surface area contributed by atoms with Crippen molar-refractivity contribution < 1.29 is 45.4 Å². The minimum atomic E-state index is -6.08. The molecule has 1 atom stereocenters. The molecular weight excluding hydrogens is 405 g/mol. The fraction of sp³-hybridized carbons (Fsp3) is 0.688. The standard InChI is InChI=1S/C16H19F7O3S/c1-26-13(25)6-2-4-10-7-8-12(27-10)11(24)5-3-9-14(17,15(18,19)20)16(21,22)23/h7-8,11,24H,2-6,9H2,1H3. The fourth-order valence-corrected chi connectivity index (χ4v) is 3.42.